The van der Waals surface area contributed by atoms with Gasteiger partial charge in [0.1, 0.15) is 40.4 Å². The van der Waals surface area contributed by atoms with E-state index < -0.39 is 64.0 Å². The predicted molar refractivity (Wildman–Crippen MR) is 99.3 cm³/mol. The molecule has 2 aromatic carbocycles. The summed E-state index contributed by atoms with van der Waals surface area (Å²) in [7, 11) is 0. The molecule has 1 atom stereocenters. The van der Waals surface area contributed by atoms with Gasteiger partial charge in [-0.15, -0.1) is 0 Å². The van der Waals surface area contributed by atoms with Gasteiger partial charge in [0.2, 0.25) is 0 Å². The Morgan fingerprint density at radius 2 is 1.78 bits per heavy atom. The number of rotatable bonds is 5. The van der Waals surface area contributed by atoms with E-state index in [0.717, 1.165) is 18.2 Å². The number of H-pyrrole nitrogens is 1. The summed E-state index contributed by atoms with van der Waals surface area (Å²) >= 11 is 0. The highest BCUT2D eigenvalue weighted by Crippen LogP contribution is 2.31. The molecule has 1 amide bonds. The summed E-state index contributed by atoms with van der Waals surface area (Å²) in [5.41, 5.74) is -3.21. The molecule has 0 bridgehead atoms. The molecule has 0 aliphatic rings. The number of carbonyl (C=O) groups is 1. The maximum Gasteiger partial charge on any atom is 0.425 e. The molecule has 1 heterocycles. The van der Waals surface area contributed by atoms with Crippen molar-refractivity contribution in [2.24, 2.45) is 0 Å². The minimum atomic E-state index is -4.86. The molecule has 0 aliphatic carbocycles. The number of aromatic amines is 1. The molecule has 170 valence electrons. The van der Waals surface area contributed by atoms with Gasteiger partial charge in [-0.25, -0.2) is 18.0 Å². The third kappa shape index (κ3) is 4.60. The van der Waals surface area contributed by atoms with E-state index >= 15 is 0 Å². The lowest BCUT2D eigenvalue weighted by molar-refractivity contribution is -0.189. The number of nitrogens with one attached hydrogen (secondary N) is 2. The fourth-order valence-corrected chi connectivity index (χ4v) is 2.63. The number of anilines is 1. The summed E-state index contributed by atoms with van der Waals surface area (Å²) < 4.78 is 86.8. The molecule has 2 N–H and O–H groups in total. The van der Waals surface area contributed by atoms with Crippen molar-refractivity contribution in [3.05, 3.63) is 69.7 Å². The predicted octanol–water partition coefficient (Wildman–Crippen LogP) is 3.87. The number of para-hydroxylation sites is 1. The fraction of sp³-hybridized carbons (Fsp3) is 0.211. The molecular formula is C19H14F6N4O3. The van der Waals surface area contributed by atoms with Crippen molar-refractivity contribution in [3.63, 3.8) is 0 Å². The third-order valence-electron chi connectivity index (χ3n) is 4.22. The maximum atomic E-state index is 14.7. The molecule has 0 saturated heterocycles. The first-order valence-electron chi connectivity index (χ1n) is 8.87. The molecule has 0 saturated carbocycles. The van der Waals surface area contributed by atoms with Gasteiger partial charge in [0.25, 0.3) is 5.91 Å². The number of alkyl halides is 3. The van der Waals surface area contributed by atoms with Gasteiger partial charge in [0.15, 0.2) is 6.10 Å². The Balaban J connectivity index is 2.11. The van der Waals surface area contributed by atoms with Crippen LogP contribution in [0.1, 0.15) is 23.1 Å². The molecule has 3 rings (SSSR count). The highest BCUT2D eigenvalue weighted by molar-refractivity contribution is 6.06. The Bertz CT molecular complexity index is 1210. The van der Waals surface area contributed by atoms with Crippen molar-refractivity contribution in [1.29, 1.82) is 0 Å². The van der Waals surface area contributed by atoms with Gasteiger partial charge in [0, 0.05) is 6.07 Å². The van der Waals surface area contributed by atoms with Crippen LogP contribution in [0.15, 0.2) is 35.1 Å². The van der Waals surface area contributed by atoms with Crippen LogP contribution in [0.2, 0.25) is 0 Å². The molecule has 0 aliphatic heterocycles. The van der Waals surface area contributed by atoms with Crippen LogP contribution in [0.3, 0.4) is 0 Å². The smallest absolute Gasteiger partial charge is 0.425 e. The van der Waals surface area contributed by atoms with E-state index in [1.165, 1.54) is 6.92 Å². The first kappa shape index (κ1) is 22.9. The normalized spacial score (nSPS) is 12.5. The molecule has 13 heteroatoms. The largest absolute Gasteiger partial charge is 0.480 e. The Labute approximate surface area is 175 Å². The fourth-order valence-electron chi connectivity index (χ4n) is 2.63. The van der Waals surface area contributed by atoms with Crippen LogP contribution in [-0.4, -0.2) is 33.0 Å². The lowest BCUT2D eigenvalue weighted by atomic mass is 10.1. The molecule has 1 aromatic heterocycles. The van der Waals surface area contributed by atoms with Crippen LogP contribution < -0.4 is 15.7 Å². The maximum absolute atomic E-state index is 14.7. The minimum Gasteiger partial charge on any atom is -0.480 e. The van der Waals surface area contributed by atoms with E-state index in [1.807, 2.05) is 5.32 Å². The summed E-state index contributed by atoms with van der Waals surface area (Å²) in [4.78, 5) is 26.7. The second kappa shape index (κ2) is 8.40. The van der Waals surface area contributed by atoms with E-state index in [1.54, 1.807) is 0 Å². The van der Waals surface area contributed by atoms with E-state index in [4.69, 9.17) is 4.74 Å². The zero-order valence-corrected chi connectivity index (χ0v) is 16.4. The summed E-state index contributed by atoms with van der Waals surface area (Å²) in [6.07, 6.45) is -7.31. The van der Waals surface area contributed by atoms with Gasteiger partial charge in [0.05, 0.1) is 5.56 Å². The Hall–Kier alpha value is -3.77. The first-order valence-corrected chi connectivity index (χ1v) is 8.87. The van der Waals surface area contributed by atoms with Crippen molar-refractivity contribution >= 4 is 11.6 Å². The average Bonchev–Trinajstić information content (AvgIpc) is 3.02. The number of hydrogen-bond acceptors (Lipinski definition) is 4. The lowest BCUT2D eigenvalue weighted by Crippen LogP contribution is -2.32. The Morgan fingerprint density at radius 1 is 1.16 bits per heavy atom. The average molecular weight is 460 g/mol. The Kier molecular flexibility index (Phi) is 6.01. The third-order valence-corrected chi connectivity index (χ3v) is 4.22. The zero-order valence-electron chi connectivity index (χ0n) is 16.4. The van der Waals surface area contributed by atoms with Crippen LogP contribution in [0, 0.1) is 24.4 Å². The van der Waals surface area contributed by atoms with Crippen molar-refractivity contribution in [2.45, 2.75) is 26.1 Å². The molecule has 0 fully saturated rings. The Morgan fingerprint density at radius 3 is 2.31 bits per heavy atom. The van der Waals surface area contributed by atoms with Gasteiger partial charge in [-0.3, -0.25) is 9.78 Å². The summed E-state index contributed by atoms with van der Waals surface area (Å²) in [5.74, 6) is -5.63. The van der Waals surface area contributed by atoms with Gasteiger partial charge in [-0.05, 0) is 32.0 Å². The monoisotopic (exact) mass is 460 g/mol. The number of hydrogen-bond donors (Lipinski definition) is 2. The highest BCUT2D eigenvalue weighted by Gasteiger charge is 2.39. The van der Waals surface area contributed by atoms with Gasteiger partial charge >= 0.3 is 11.9 Å². The van der Waals surface area contributed by atoms with Crippen molar-refractivity contribution in [2.75, 3.05) is 5.32 Å². The van der Waals surface area contributed by atoms with Crippen molar-refractivity contribution in [1.82, 2.24) is 14.8 Å². The number of ether oxygens (including phenoxy) is 1. The number of aromatic nitrogens is 3. The molecule has 0 spiro atoms. The van der Waals surface area contributed by atoms with Crippen LogP contribution in [0.4, 0.5) is 32.0 Å². The number of nitrogens with zero attached hydrogens (tertiary/aromatic N) is 2. The SMILES string of the molecule is Cc1nn(-c2cc(O[C@@H](C)C(F)(F)F)c(C(=O)Nc3c(F)cccc3F)cc2F)c(=O)[nH]1. The highest BCUT2D eigenvalue weighted by atomic mass is 19.4. The standard InChI is InChI=1S/C19H14F6N4O3/c1-8(19(23,24)25)32-15-7-14(29-18(31)26-9(2)28-29)13(22)6-10(15)17(30)27-16-11(20)4-3-5-12(16)21/h3-8H,1-2H3,(H,27,30)(H,26,28,31)/t8-/m0/s1. The lowest BCUT2D eigenvalue weighted by Gasteiger charge is -2.20. The number of halogens is 6. The number of carbonyl (C=O) groups excluding carboxylic acids is 1. The van der Waals surface area contributed by atoms with Crippen LogP contribution in [-0.2, 0) is 0 Å². The van der Waals surface area contributed by atoms with Crippen LogP contribution in [0.25, 0.3) is 5.69 Å². The van der Waals surface area contributed by atoms with Crippen molar-refractivity contribution in [3.8, 4) is 11.4 Å². The summed E-state index contributed by atoms with van der Waals surface area (Å²) in [6.45, 7) is 2.01. The van der Waals surface area contributed by atoms with E-state index in [9.17, 15) is 35.9 Å². The van der Waals surface area contributed by atoms with Gasteiger partial charge < -0.3 is 10.1 Å². The topological polar surface area (TPSA) is 89.0 Å². The molecule has 0 unspecified atom stereocenters. The molecular weight excluding hydrogens is 446 g/mol. The quantitative estimate of drug-likeness (QED) is 0.566. The second-order valence-corrected chi connectivity index (χ2v) is 6.58. The van der Waals surface area contributed by atoms with Crippen LogP contribution >= 0.6 is 0 Å². The molecule has 7 nitrogen and oxygen atoms in total. The number of aryl methyl sites for hydroxylation is 1. The summed E-state index contributed by atoms with van der Waals surface area (Å²) in [6, 6.07) is 3.82. The minimum absolute atomic E-state index is 0.0809. The zero-order chi connectivity index (χ0) is 23.8. The second-order valence-electron chi connectivity index (χ2n) is 6.58. The molecule has 3 aromatic rings. The molecule has 32 heavy (non-hydrogen) atoms. The van der Waals surface area contributed by atoms with Gasteiger partial charge in [-0.2, -0.15) is 23.0 Å². The van der Waals surface area contributed by atoms with E-state index in [2.05, 4.69) is 10.1 Å². The summed E-state index contributed by atoms with van der Waals surface area (Å²) in [5, 5.41) is 5.55. The number of benzene rings is 2. The van der Waals surface area contributed by atoms with Crippen molar-refractivity contribution < 1.29 is 35.9 Å². The van der Waals surface area contributed by atoms with Crippen LogP contribution in [0.5, 0.6) is 5.75 Å². The van der Waals surface area contributed by atoms with Gasteiger partial charge in [-0.1, -0.05) is 6.07 Å². The number of amides is 1. The first-order chi connectivity index (χ1) is 14.9. The van der Waals surface area contributed by atoms with E-state index in [0.29, 0.717) is 23.7 Å². The van der Waals surface area contributed by atoms with E-state index in [-0.39, 0.29) is 5.82 Å². The molecule has 0 radical (unpaired) electrons.